The molecule has 0 aromatic carbocycles. The second-order valence-corrected chi connectivity index (χ2v) is 5.54. The molecule has 5 heteroatoms. The van der Waals surface area contributed by atoms with Crippen LogP contribution in [0.15, 0.2) is 6.07 Å². The van der Waals surface area contributed by atoms with Crippen LogP contribution in [-0.4, -0.2) is 20.7 Å². The summed E-state index contributed by atoms with van der Waals surface area (Å²) in [7, 11) is 1.89. The van der Waals surface area contributed by atoms with Crippen molar-refractivity contribution in [2.45, 2.75) is 41.0 Å². The van der Waals surface area contributed by atoms with Gasteiger partial charge in [-0.15, -0.1) is 0 Å². The summed E-state index contributed by atoms with van der Waals surface area (Å²) in [6.07, 6.45) is 0.332. The number of hydrogen-bond acceptors (Lipinski definition) is 3. The summed E-state index contributed by atoms with van der Waals surface area (Å²) in [4.78, 5) is 16.7. The van der Waals surface area contributed by atoms with E-state index in [4.69, 9.17) is 0 Å². The van der Waals surface area contributed by atoms with E-state index < -0.39 is 0 Å². The Hall–Kier alpha value is -2.17. The van der Waals surface area contributed by atoms with Crippen molar-refractivity contribution in [2.24, 2.45) is 7.05 Å². The first-order valence-corrected chi connectivity index (χ1v) is 7.03. The first-order valence-electron chi connectivity index (χ1n) is 7.03. The summed E-state index contributed by atoms with van der Waals surface area (Å²) < 4.78 is 1.81. The largest absolute Gasteiger partial charge is 0.324 e. The number of anilines is 1. The molecule has 112 valence electrons. The molecule has 21 heavy (non-hydrogen) atoms. The average molecular weight is 286 g/mol. The standard InChI is InChI=1S/C16H22N4O/c1-9-7-10(2)17-12(4)16(9)18-15(21)8-14-11(3)19-20(6)13(14)5/h7H,8H2,1-6H3,(H,18,21). The van der Waals surface area contributed by atoms with Gasteiger partial charge in [-0.25, -0.2) is 0 Å². The quantitative estimate of drug-likeness (QED) is 0.943. The van der Waals surface area contributed by atoms with Crippen molar-refractivity contribution < 1.29 is 4.79 Å². The van der Waals surface area contributed by atoms with Gasteiger partial charge < -0.3 is 5.32 Å². The van der Waals surface area contributed by atoms with Gasteiger partial charge in [0.05, 0.1) is 23.5 Å². The number of carbonyl (C=O) groups excluding carboxylic acids is 1. The van der Waals surface area contributed by atoms with Gasteiger partial charge >= 0.3 is 0 Å². The first-order chi connectivity index (χ1) is 9.79. The van der Waals surface area contributed by atoms with Crippen LogP contribution < -0.4 is 5.32 Å². The molecule has 0 aliphatic carbocycles. The molecule has 2 heterocycles. The van der Waals surface area contributed by atoms with E-state index in [0.717, 1.165) is 39.6 Å². The smallest absolute Gasteiger partial charge is 0.228 e. The highest BCUT2D eigenvalue weighted by Crippen LogP contribution is 2.20. The van der Waals surface area contributed by atoms with E-state index in [1.54, 1.807) is 0 Å². The van der Waals surface area contributed by atoms with E-state index in [-0.39, 0.29) is 5.91 Å². The zero-order valence-electron chi connectivity index (χ0n) is 13.5. The Kier molecular flexibility index (Phi) is 4.11. The zero-order valence-corrected chi connectivity index (χ0v) is 13.5. The molecule has 1 amide bonds. The van der Waals surface area contributed by atoms with Gasteiger partial charge in [-0.2, -0.15) is 5.10 Å². The highest BCUT2D eigenvalue weighted by atomic mass is 16.1. The minimum atomic E-state index is -0.0361. The Morgan fingerprint density at radius 3 is 2.38 bits per heavy atom. The predicted octanol–water partition coefficient (Wildman–Crippen LogP) is 2.54. The van der Waals surface area contributed by atoms with E-state index in [1.165, 1.54) is 0 Å². The second-order valence-electron chi connectivity index (χ2n) is 5.54. The fraction of sp³-hybridized carbons (Fsp3) is 0.438. The molecule has 0 radical (unpaired) electrons. The summed E-state index contributed by atoms with van der Waals surface area (Å²) in [5.74, 6) is -0.0361. The van der Waals surface area contributed by atoms with Crippen molar-refractivity contribution in [1.29, 1.82) is 0 Å². The number of carbonyl (C=O) groups is 1. The van der Waals surface area contributed by atoms with Gasteiger partial charge in [-0.1, -0.05) is 0 Å². The highest BCUT2D eigenvalue weighted by molar-refractivity contribution is 5.93. The Balaban J connectivity index is 2.20. The van der Waals surface area contributed by atoms with Crippen molar-refractivity contribution in [2.75, 3.05) is 5.32 Å². The number of aromatic nitrogens is 3. The van der Waals surface area contributed by atoms with Gasteiger partial charge in [-0.05, 0) is 46.2 Å². The molecule has 0 saturated carbocycles. The summed E-state index contributed by atoms with van der Waals surface area (Å²) >= 11 is 0. The van der Waals surface area contributed by atoms with Crippen LogP contribution in [0.5, 0.6) is 0 Å². The lowest BCUT2D eigenvalue weighted by Gasteiger charge is -2.12. The maximum Gasteiger partial charge on any atom is 0.228 e. The number of hydrogen-bond donors (Lipinski definition) is 1. The third-order valence-electron chi connectivity index (χ3n) is 3.79. The fourth-order valence-electron chi connectivity index (χ4n) is 2.63. The summed E-state index contributed by atoms with van der Waals surface area (Å²) in [5, 5.41) is 7.32. The number of amides is 1. The van der Waals surface area contributed by atoms with E-state index in [0.29, 0.717) is 6.42 Å². The number of nitrogens with one attached hydrogen (secondary N) is 1. The lowest BCUT2D eigenvalue weighted by molar-refractivity contribution is -0.115. The summed E-state index contributed by atoms with van der Waals surface area (Å²) in [5.41, 5.74) is 6.57. The molecule has 0 unspecified atom stereocenters. The molecule has 0 aliphatic heterocycles. The molecule has 0 aliphatic rings. The molecule has 0 atom stereocenters. The average Bonchev–Trinajstić information content (AvgIpc) is 2.60. The highest BCUT2D eigenvalue weighted by Gasteiger charge is 2.15. The molecule has 5 nitrogen and oxygen atoms in total. The van der Waals surface area contributed by atoms with Crippen molar-refractivity contribution in [3.05, 3.63) is 40.0 Å². The van der Waals surface area contributed by atoms with E-state index >= 15 is 0 Å². The number of pyridine rings is 1. The molecule has 0 bridgehead atoms. The Morgan fingerprint density at radius 1 is 1.19 bits per heavy atom. The Labute approximate surface area is 125 Å². The molecule has 2 aromatic rings. The van der Waals surface area contributed by atoms with Crippen LogP contribution in [0.25, 0.3) is 0 Å². The normalized spacial score (nSPS) is 10.8. The maximum absolute atomic E-state index is 12.3. The lowest BCUT2D eigenvalue weighted by atomic mass is 10.1. The van der Waals surface area contributed by atoms with E-state index in [1.807, 2.05) is 52.4 Å². The molecule has 0 fully saturated rings. The molecular formula is C16H22N4O. The zero-order chi connectivity index (χ0) is 15.7. The van der Waals surface area contributed by atoms with Gasteiger partial charge in [-0.3, -0.25) is 14.5 Å². The monoisotopic (exact) mass is 286 g/mol. The van der Waals surface area contributed by atoms with Crippen LogP contribution in [0.3, 0.4) is 0 Å². The van der Waals surface area contributed by atoms with Crippen molar-refractivity contribution in [1.82, 2.24) is 14.8 Å². The maximum atomic E-state index is 12.3. The molecule has 1 N–H and O–H groups in total. The van der Waals surface area contributed by atoms with E-state index in [9.17, 15) is 4.79 Å². The van der Waals surface area contributed by atoms with Crippen molar-refractivity contribution >= 4 is 11.6 Å². The van der Waals surface area contributed by atoms with Gasteiger partial charge in [0.25, 0.3) is 0 Å². The molecule has 2 aromatic heterocycles. The van der Waals surface area contributed by atoms with Gasteiger partial charge in [0, 0.05) is 24.0 Å². The van der Waals surface area contributed by atoms with Gasteiger partial charge in [0.1, 0.15) is 0 Å². The first kappa shape index (κ1) is 15.2. The van der Waals surface area contributed by atoms with Crippen LogP contribution in [0, 0.1) is 34.6 Å². The topological polar surface area (TPSA) is 59.8 Å². The summed E-state index contributed by atoms with van der Waals surface area (Å²) in [6.45, 7) is 9.76. The van der Waals surface area contributed by atoms with Gasteiger partial charge in [0.15, 0.2) is 0 Å². The summed E-state index contributed by atoms with van der Waals surface area (Å²) in [6, 6.07) is 1.98. The van der Waals surface area contributed by atoms with E-state index in [2.05, 4.69) is 15.4 Å². The van der Waals surface area contributed by atoms with Gasteiger partial charge in [0.2, 0.25) is 5.91 Å². The minimum absolute atomic E-state index is 0.0361. The van der Waals surface area contributed by atoms with Crippen LogP contribution in [0.1, 0.15) is 33.9 Å². The number of nitrogens with zero attached hydrogens (tertiary/aromatic N) is 3. The Bertz CT molecular complexity index is 678. The molecule has 0 spiro atoms. The van der Waals surface area contributed by atoms with Crippen molar-refractivity contribution in [3.8, 4) is 0 Å². The third kappa shape index (κ3) is 3.12. The molecule has 2 rings (SSSR count). The predicted molar refractivity (Wildman–Crippen MR) is 83.5 cm³/mol. The minimum Gasteiger partial charge on any atom is -0.324 e. The van der Waals surface area contributed by atoms with Crippen LogP contribution in [0.2, 0.25) is 0 Å². The molecule has 0 saturated heterocycles. The van der Waals surface area contributed by atoms with Crippen LogP contribution >= 0.6 is 0 Å². The molecular weight excluding hydrogens is 264 g/mol. The fourth-order valence-corrected chi connectivity index (χ4v) is 2.63. The van der Waals surface area contributed by atoms with Crippen LogP contribution in [-0.2, 0) is 18.3 Å². The number of rotatable bonds is 3. The SMILES string of the molecule is Cc1cc(C)c(NC(=O)Cc2c(C)nn(C)c2C)c(C)n1. The number of aryl methyl sites for hydroxylation is 5. The van der Waals surface area contributed by atoms with Crippen LogP contribution in [0.4, 0.5) is 5.69 Å². The van der Waals surface area contributed by atoms with Crippen molar-refractivity contribution in [3.63, 3.8) is 0 Å². The Morgan fingerprint density at radius 2 is 1.86 bits per heavy atom. The lowest BCUT2D eigenvalue weighted by Crippen LogP contribution is -2.17. The third-order valence-corrected chi connectivity index (χ3v) is 3.79. The second kappa shape index (κ2) is 5.68.